The van der Waals surface area contributed by atoms with Gasteiger partial charge in [0.25, 0.3) is 0 Å². The number of hydrogen-bond acceptors (Lipinski definition) is 6. The number of carbonyl (C=O) groups excluding carboxylic acids is 3. The number of esters is 3. The fraction of sp³-hybridized carbons (Fsp3) is 0.906. The lowest BCUT2D eigenvalue weighted by atomic mass is 10.0. The lowest BCUT2D eigenvalue weighted by Crippen LogP contribution is -2.30. The third-order valence-electron chi connectivity index (χ3n) is 11.8. The standard InChI is InChI=1S/C53H100O6/c1-4-7-10-13-16-19-22-24-25-26-27-29-31-34-37-40-43-46-52(55)58-49-50(48-57-51(54)45-42-39-36-33-30-21-18-15-12-9-6-3)59-53(56)47-44-41-38-35-32-28-23-20-17-14-11-8-5-2/h28,32,50H,4-27,29-31,33-49H2,1-3H3/b32-28-. The monoisotopic (exact) mass is 833 g/mol. The first-order valence-electron chi connectivity index (χ1n) is 26.2. The zero-order chi connectivity index (χ0) is 43.0. The van der Waals surface area contributed by atoms with E-state index in [0.717, 1.165) is 70.6 Å². The van der Waals surface area contributed by atoms with Gasteiger partial charge in [0.1, 0.15) is 13.2 Å². The minimum Gasteiger partial charge on any atom is -0.462 e. The van der Waals surface area contributed by atoms with E-state index < -0.39 is 6.10 Å². The van der Waals surface area contributed by atoms with Gasteiger partial charge in [0, 0.05) is 19.3 Å². The van der Waals surface area contributed by atoms with Gasteiger partial charge in [0.05, 0.1) is 0 Å². The molecule has 0 radical (unpaired) electrons. The van der Waals surface area contributed by atoms with Gasteiger partial charge in [-0.1, -0.05) is 238 Å². The molecule has 0 aromatic carbocycles. The van der Waals surface area contributed by atoms with E-state index in [0.29, 0.717) is 19.3 Å². The fourth-order valence-corrected chi connectivity index (χ4v) is 7.79. The average Bonchev–Trinajstić information content (AvgIpc) is 3.23. The van der Waals surface area contributed by atoms with E-state index in [2.05, 4.69) is 32.9 Å². The minimum atomic E-state index is -0.770. The van der Waals surface area contributed by atoms with Gasteiger partial charge in [-0.25, -0.2) is 0 Å². The van der Waals surface area contributed by atoms with Crippen molar-refractivity contribution >= 4 is 17.9 Å². The van der Waals surface area contributed by atoms with Crippen molar-refractivity contribution < 1.29 is 28.6 Å². The highest BCUT2D eigenvalue weighted by molar-refractivity contribution is 5.71. The van der Waals surface area contributed by atoms with Crippen LogP contribution in [0.4, 0.5) is 0 Å². The zero-order valence-electron chi connectivity index (χ0n) is 39.8. The molecule has 0 aromatic heterocycles. The van der Waals surface area contributed by atoms with Gasteiger partial charge in [-0.2, -0.15) is 0 Å². The normalized spacial score (nSPS) is 12.0. The summed E-state index contributed by atoms with van der Waals surface area (Å²) in [6.07, 6.45) is 53.4. The Hall–Kier alpha value is -1.85. The van der Waals surface area contributed by atoms with Crippen molar-refractivity contribution in [3.8, 4) is 0 Å². The minimum absolute atomic E-state index is 0.0708. The molecule has 59 heavy (non-hydrogen) atoms. The molecular formula is C53H100O6. The second kappa shape index (κ2) is 48.8. The fourth-order valence-electron chi connectivity index (χ4n) is 7.79. The number of hydrogen-bond donors (Lipinski definition) is 0. The predicted octanol–water partition coefficient (Wildman–Crippen LogP) is 17.0. The smallest absolute Gasteiger partial charge is 0.306 e. The Kier molecular flexibility index (Phi) is 47.3. The third-order valence-corrected chi connectivity index (χ3v) is 11.8. The van der Waals surface area contributed by atoms with Crippen LogP contribution in [0.3, 0.4) is 0 Å². The van der Waals surface area contributed by atoms with Crippen LogP contribution in [0, 0.1) is 0 Å². The van der Waals surface area contributed by atoms with Crippen molar-refractivity contribution in [3.05, 3.63) is 12.2 Å². The Morgan fingerprint density at radius 3 is 0.864 bits per heavy atom. The van der Waals surface area contributed by atoms with Crippen LogP contribution in [0.2, 0.25) is 0 Å². The molecule has 0 aliphatic rings. The van der Waals surface area contributed by atoms with Gasteiger partial charge >= 0.3 is 17.9 Å². The molecule has 6 nitrogen and oxygen atoms in total. The van der Waals surface area contributed by atoms with E-state index in [1.807, 2.05) is 0 Å². The van der Waals surface area contributed by atoms with Gasteiger partial charge < -0.3 is 14.2 Å². The Morgan fingerprint density at radius 1 is 0.322 bits per heavy atom. The maximum atomic E-state index is 12.8. The summed E-state index contributed by atoms with van der Waals surface area (Å²) in [5.41, 5.74) is 0. The summed E-state index contributed by atoms with van der Waals surface area (Å²) in [6.45, 7) is 6.65. The second-order valence-electron chi connectivity index (χ2n) is 17.8. The molecule has 6 heteroatoms. The van der Waals surface area contributed by atoms with Crippen molar-refractivity contribution in [2.24, 2.45) is 0 Å². The summed E-state index contributed by atoms with van der Waals surface area (Å²) in [6, 6.07) is 0. The molecule has 0 fully saturated rings. The lowest BCUT2D eigenvalue weighted by molar-refractivity contribution is -0.167. The molecule has 0 N–H and O–H groups in total. The quantitative estimate of drug-likeness (QED) is 0.0263. The van der Waals surface area contributed by atoms with Crippen molar-refractivity contribution in [2.75, 3.05) is 13.2 Å². The van der Waals surface area contributed by atoms with Crippen LogP contribution in [-0.4, -0.2) is 37.2 Å². The van der Waals surface area contributed by atoms with Crippen LogP contribution in [0.15, 0.2) is 12.2 Å². The van der Waals surface area contributed by atoms with Crippen molar-refractivity contribution in [1.29, 1.82) is 0 Å². The van der Waals surface area contributed by atoms with Gasteiger partial charge in [-0.3, -0.25) is 14.4 Å². The van der Waals surface area contributed by atoms with Crippen molar-refractivity contribution in [1.82, 2.24) is 0 Å². The van der Waals surface area contributed by atoms with Crippen molar-refractivity contribution in [3.63, 3.8) is 0 Å². The van der Waals surface area contributed by atoms with Crippen LogP contribution >= 0.6 is 0 Å². The molecule has 0 saturated carbocycles. The second-order valence-corrected chi connectivity index (χ2v) is 17.8. The summed E-state index contributed by atoms with van der Waals surface area (Å²) in [4.78, 5) is 37.9. The predicted molar refractivity (Wildman–Crippen MR) is 252 cm³/mol. The Balaban J connectivity index is 4.30. The molecule has 348 valence electrons. The zero-order valence-corrected chi connectivity index (χ0v) is 39.8. The third kappa shape index (κ3) is 47.1. The highest BCUT2D eigenvalue weighted by Crippen LogP contribution is 2.16. The molecule has 0 bridgehead atoms. The maximum absolute atomic E-state index is 12.8. The summed E-state index contributed by atoms with van der Waals surface area (Å²) < 4.78 is 16.8. The number of allylic oxidation sites excluding steroid dienone is 2. The number of rotatable bonds is 48. The van der Waals surface area contributed by atoms with Gasteiger partial charge in [0.15, 0.2) is 6.10 Å². The van der Waals surface area contributed by atoms with E-state index in [1.54, 1.807) is 0 Å². The number of unbranched alkanes of at least 4 members (excludes halogenated alkanes) is 35. The molecule has 0 spiro atoms. The molecule has 1 unspecified atom stereocenters. The first-order valence-corrected chi connectivity index (χ1v) is 26.2. The van der Waals surface area contributed by atoms with E-state index in [-0.39, 0.29) is 31.1 Å². The van der Waals surface area contributed by atoms with Crippen LogP contribution in [-0.2, 0) is 28.6 Å². The maximum Gasteiger partial charge on any atom is 0.306 e. The summed E-state index contributed by atoms with van der Waals surface area (Å²) in [5.74, 6) is -0.871. The average molecular weight is 833 g/mol. The highest BCUT2D eigenvalue weighted by atomic mass is 16.6. The van der Waals surface area contributed by atoms with Crippen molar-refractivity contribution in [2.45, 2.75) is 297 Å². The molecule has 0 aliphatic heterocycles. The van der Waals surface area contributed by atoms with Gasteiger partial charge in [0.2, 0.25) is 0 Å². The molecule has 0 rings (SSSR count). The highest BCUT2D eigenvalue weighted by Gasteiger charge is 2.19. The van der Waals surface area contributed by atoms with Crippen LogP contribution < -0.4 is 0 Å². The van der Waals surface area contributed by atoms with Crippen LogP contribution in [0.1, 0.15) is 290 Å². The van der Waals surface area contributed by atoms with Gasteiger partial charge in [-0.05, 0) is 44.9 Å². The Labute approximate surface area is 367 Å². The van der Waals surface area contributed by atoms with E-state index in [1.165, 1.54) is 180 Å². The molecule has 0 saturated heterocycles. The first kappa shape index (κ1) is 57.1. The summed E-state index contributed by atoms with van der Waals surface area (Å²) in [5, 5.41) is 0. The SMILES string of the molecule is CCCCCCCC/C=C\CCCCCC(=O)OC(COC(=O)CCCCCCCCCCCCC)COC(=O)CCCCCCCCCCCCCCCCCCC. The molecule has 1 atom stereocenters. The molecule has 0 aliphatic carbocycles. The largest absolute Gasteiger partial charge is 0.462 e. The molecule has 0 aromatic rings. The molecule has 0 heterocycles. The Morgan fingerprint density at radius 2 is 0.559 bits per heavy atom. The van der Waals surface area contributed by atoms with E-state index in [9.17, 15) is 14.4 Å². The Bertz CT molecular complexity index is 916. The molecular weight excluding hydrogens is 733 g/mol. The van der Waals surface area contributed by atoms with Gasteiger partial charge in [-0.15, -0.1) is 0 Å². The first-order chi connectivity index (χ1) is 29.0. The number of ether oxygens (including phenoxy) is 3. The van der Waals surface area contributed by atoms with E-state index in [4.69, 9.17) is 14.2 Å². The van der Waals surface area contributed by atoms with E-state index >= 15 is 0 Å². The molecule has 0 amide bonds. The number of carbonyl (C=O) groups is 3. The van der Waals surface area contributed by atoms with Crippen LogP contribution in [0.5, 0.6) is 0 Å². The summed E-state index contributed by atoms with van der Waals surface area (Å²) >= 11 is 0. The summed E-state index contributed by atoms with van der Waals surface area (Å²) in [7, 11) is 0. The topological polar surface area (TPSA) is 78.9 Å². The lowest BCUT2D eigenvalue weighted by Gasteiger charge is -2.18. The van der Waals surface area contributed by atoms with Crippen LogP contribution in [0.25, 0.3) is 0 Å².